The van der Waals surface area contributed by atoms with Crippen LogP contribution in [0.25, 0.3) is 10.8 Å². The molecule has 3 heterocycles. The summed E-state index contributed by atoms with van der Waals surface area (Å²) in [7, 11) is 0. The van der Waals surface area contributed by atoms with Gasteiger partial charge in [-0.25, -0.2) is 0 Å². The highest BCUT2D eigenvalue weighted by atomic mass is 16.5. The first-order chi connectivity index (χ1) is 12.7. The third kappa shape index (κ3) is 3.36. The number of piperidine rings is 1. The molecule has 0 radical (unpaired) electrons. The minimum Gasteiger partial charge on any atom is -0.488 e. The smallest absolute Gasteiger partial charge is 0.255 e. The Morgan fingerprint density at radius 2 is 2.00 bits per heavy atom. The molecular formula is C20H19N3O3. The number of fused-ring (bicyclic) bond motifs is 1. The summed E-state index contributed by atoms with van der Waals surface area (Å²) in [6.45, 7) is 0.776. The third-order valence-electron chi connectivity index (χ3n) is 4.62. The first-order valence-corrected chi connectivity index (χ1v) is 8.58. The van der Waals surface area contributed by atoms with Crippen molar-refractivity contribution in [2.24, 2.45) is 0 Å². The maximum Gasteiger partial charge on any atom is 0.255 e. The van der Waals surface area contributed by atoms with Crippen LogP contribution in [0.5, 0.6) is 5.75 Å². The van der Waals surface area contributed by atoms with Gasteiger partial charge < -0.3 is 14.7 Å². The number of pyridine rings is 2. The SMILES string of the molecule is O=C(c1cccnc1)N1CC[C@@H](Oc2ccc3ccncc3c2)[C@H](O)C1. The summed E-state index contributed by atoms with van der Waals surface area (Å²) < 4.78 is 5.98. The molecule has 0 spiro atoms. The fourth-order valence-corrected chi connectivity index (χ4v) is 3.22. The molecule has 0 bridgehead atoms. The van der Waals surface area contributed by atoms with E-state index >= 15 is 0 Å². The number of carbonyl (C=O) groups is 1. The number of likely N-dealkylation sites (tertiary alicyclic amines) is 1. The molecule has 6 nitrogen and oxygen atoms in total. The number of ether oxygens (including phenoxy) is 1. The Kier molecular flexibility index (Phi) is 4.50. The number of amides is 1. The van der Waals surface area contributed by atoms with Crippen molar-refractivity contribution in [2.45, 2.75) is 18.6 Å². The van der Waals surface area contributed by atoms with E-state index in [1.54, 1.807) is 41.8 Å². The van der Waals surface area contributed by atoms with E-state index in [4.69, 9.17) is 4.74 Å². The molecule has 1 saturated heterocycles. The minimum atomic E-state index is -0.742. The van der Waals surface area contributed by atoms with Crippen LogP contribution in [0.3, 0.4) is 0 Å². The highest BCUT2D eigenvalue weighted by molar-refractivity contribution is 5.94. The first-order valence-electron chi connectivity index (χ1n) is 8.58. The molecule has 132 valence electrons. The average molecular weight is 349 g/mol. The number of aliphatic hydroxyl groups excluding tert-OH is 1. The van der Waals surface area contributed by atoms with Gasteiger partial charge in [-0.2, -0.15) is 0 Å². The van der Waals surface area contributed by atoms with Crippen LogP contribution in [0.2, 0.25) is 0 Å². The van der Waals surface area contributed by atoms with E-state index in [0.29, 0.717) is 24.3 Å². The van der Waals surface area contributed by atoms with Gasteiger partial charge in [0.05, 0.1) is 12.1 Å². The van der Waals surface area contributed by atoms with E-state index in [-0.39, 0.29) is 18.6 Å². The first kappa shape index (κ1) is 16.5. The molecule has 1 aromatic carbocycles. The van der Waals surface area contributed by atoms with Crippen molar-refractivity contribution in [2.75, 3.05) is 13.1 Å². The second kappa shape index (κ2) is 7.09. The van der Waals surface area contributed by atoms with Crippen molar-refractivity contribution in [3.63, 3.8) is 0 Å². The molecule has 6 heteroatoms. The van der Waals surface area contributed by atoms with Crippen LogP contribution in [-0.4, -0.2) is 51.2 Å². The summed E-state index contributed by atoms with van der Waals surface area (Å²) in [4.78, 5) is 22.2. The maximum absolute atomic E-state index is 12.5. The summed E-state index contributed by atoms with van der Waals surface area (Å²) in [5.74, 6) is 0.578. The van der Waals surface area contributed by atoms with E-state index in [9.17, 15) is 9.90 Å². The molecule has 1 N–H and O–H groups in total. The summed E-state index contributed by atoms with van der Waals surface area (Å²) >= 11 is 0. The Bertz CT molecular complexity index is 916. The molecule has 1 fully saturated rings. The molecular weight excluding hydrogens is 330 g/mol. The highest BCUT2D eigenvalue weighted by Gasteiger charge is 2.32. The molecule has 2 atom stereocenters. The van der Waals surface area contributed by atoms with E-state index in [1.165, 1.54) is 0 Å². The Balaban J connectivity index is 1.42. The number of hydrogen-bond acceptors (Lipinski definition) is 5. The minimum absolute atomic E-state index is 0.118. The van der Waals surface area contributed by atoms with Crippen LogP contribution in [-0.2, 0) is 0 Å². The fraction of sp³-hybridized carbons (Fsp3) is 0.250. The second-order valence-electron chi connectivity index (χ2n) is 6.39. The van der Waals surface area contributed by atoms with Crippen molar-refractivity contribution in [3.8, 4) is 5.75 Å². The van der Waals surface area contributed by atoms with Crippen molar-refractivity contribution in [1.29, 1.82) is 0 Å². The largest absolute Gasteiger partial charge is 0.488 e. The Hall–Kier alpha value is -2.99. The summed E-state index contributed by atoms with van der Waals surface area (Å²) in [5.41, 5.74) is 0.529. The molecule has 1 aliphatic rings. The number of carbonyl (C=O) groups excluding carboxylic acids is 1. The number of aliphatic hydroxyl groups is 1. The number of rotatable bonds is 3. The standard InChI is InChI=1S/C20H19N3O3/c24-18-13-23(20(25)15-2-1-7-21-11-15)9-6-19(18)26-17-4-3-14-5-8-22-12-16(14)10-17/h1-5,7-8,10-12,18-19,24H,6,9,13H2/t18-,19-/m1/s1. The van der Waals surface area contributed by atoms with E-state index in [1.807, 2.05) is 24.3 Å². The van der Waals surface area contributed by atoms with Crippen molar-refractivity contribution in [3.05, 3.63) is 66.7 Å². The monoisotopic (exact) mass is 349 g/mol. The van der Waals surface area contributed by atoms with Crippen LogP contribution in [0.1, 0.15) is 16.8 Å². The van der Waals surface area contributed by atoms with Gasteiger partial charge in [0, 0.05) is 43.1 Å². The lowest BCUT2D eigenvalue weighted by atomic mass is 10.0. The van der Waals surface area contributed by atoms with E-state index < -0.39 is 6.10 Å². The van der Waals surface area contributed by atoms with Crippen LogP contribution >= 0.6 is 0 Å². The number of hydrogen-bond donors (Lipinski definition) is 1. The van der Waals surface area contributed by atoms with Crippen LogP contribution in [0.4, 0.5) is 0 Å². The molecule has 1 amide bonds. The van der Waals surface area contributed by atoms with Gasteiger partial charge in [0.1, 0.15) is 18.0 Å². The van der Waals surface area contributed by atoms with Crippen molar-refractivity contribution >= 4 is 16.7 Å². The molecule has 0 saturated carbocycles. The summed E-state index contributed by atoms with van der Waals surface area (Å²) in [6.07, 6.45) is 6.19. The zero-order valence-electron chi connectivity index (χ0n) is 14.2. The molecule has 1 aliphatic heterocycles. The zero-order valence-corrected chi connectivity index (χ0v) is 14.2. The number of nitrogens with zero attached hydrogens (tertiary/aromatic N) is 3. The Morgan fingerprint density at radius 1 is 1.12 bits per heavy atom. The van der Waals surface area contributed by atoms with Crippen LogP contribution in [0, 0.1) is 0 Å². The number of β-amino-alcohol motifs (C(OH)–C–C–N with tert-alkyl or cyclic N) is 1. The lowest BCUT2D eigenvalue weighted by Gasteiger charge is -2.36. The zero-order chi connectivity index (χ0) is 17.9. The molecule has 26 heavy (non-hydrogen) atoms. The highest BCUT2D eigenvalue weighted by Crippen LogP contribution is 2.24. The molecule has 2 aromatic heterocycles. The van der Waals surface area contributed by atoms with Gasteiger partial charge in [0.15, 0.2) is 0 Å². The van der Waals surface area contributed by atoms with Crippen molar-refractivity contribution in [1.82, 2.24) is 14.9 Å². The number of benzene rings is 1. The molecule has 4 rings (SSSR count). The molecule has 0 unspecified atom stereocenters. The summed E-state index contributed by atoms with van der Waals surface area (Å²) in [6, 6.07) is 11.2. The third-order valence-corrected chi connectivity index (χ3v) is 4.62. The van der Waals surface area contributed by atoms with Gasteiger partial charge in [0.2, 0.25) is 0 Å². The number of aromatic nitrogens is 2. The normalized spacial score (nSPS) is 20.1. The lowest BCUT2D eigenvalue weighted by molar-refractivity contribution is -0.0198. The van der Waals surface area contributed by atoms with Gasteiger partial charge in [0.25, 0.3) is 5.91 Å². The molecule has 0 aliphatic carbocycles. The quantitative estimate of drug-likeness (QED) is 0.785. The topological polar surface area (TPSA) is 75.6 Å². The molecule has 3 aromatic rings. The summed E-state index contributed by atoms with van der Waals surface area (Å²) in [5, 5.41) is 12.5. The Labute approximate surface area is 151 Å². The van der Waals surface area contributed by atoms with Gasteiger partial charge in [-0.3, -0.25) is 14.8 Å². The average Bonchev–Trinajstić information content (AvgIpc) is 2.69. The van der Waals surface area contributed by atoms with Crippen LogP contribution in [0.15, 0.2) is 61.2 Å². The van der Waals surface area contributed by atoms with Gasteiger partial charge in [-0.15, -0.1) is 0 Å². The van der Waals surface area contributed by atoms with Gasteiger partial charge >= 0.3 is 0 Å². The lowest BCUT2D eigenvalue weighted by Crippen LogP contribution is -2.51. The van der Waals surface area contributed by atoms with Crippen molar-refractivity contribution < 1.29 is 14.6 Å². The Morgan fingerprint density at radius 3 is 2.81 bits per heavy atom. The van der Waals surface area contributed by atoms with Crippen LogP contribution < -0.4 is 4.74 Å². The van der Waals surface area contributed by atoms with Gasteiger partial charge in [-0.1, -0.05) is 6.07 Å². The maximum atomic E-state index is 12.5. The van der Waals surface area contributed by atoms with E-state index in [2.05, 4.69) is 9.97 Å². The van der Waals surface area contributed by atoms with Gasteiger partial charge in [-0.05, 0) is 35.7 Å². The van der Waals surface area contributed by atoms with E-state index in [0.717, 1.165) is 10.8 Å². The predicted octanol–water partition coefficient (Wildman–Crippen LogP) is 2.28. The fourth-order valence-electron chi connectivity index (χ4n) is 3.22. The predicted molar refractivity (Wildman–Crippen MR) is 96.9 cm³/mol. The second-order valence-corrected chi connectivity index (χ2v) is 6.39.